The van der Waals surface area contributed by atoms with Gasteiger partial charge in [0.2, 0.25) is 11.0 Å². The summed E-state index contributed by atoms with van der Waals surface area (Å²) >= 11 is 7.84. The van der Waals surface area contributed by atoms with Crippen LogP contribution in [0.15, 0.2) is 82.6 Å². The lowest BCUT2D eigenvalue weighted by Crippen LogP contribution is -2.30. The topological polar surface area (TPSA) is 19.7 Å². The summed E-state index contributed by atoms with van der Waals surface area (Å²) in [6.07, 6.45) is 0. The molecular formula is C22H16ClN2S+. The van der Waals surface area contributed by atoms with E-state index in [4.69, 9.17) is 11.6 Å². The summed E-state index contributed by atoms with van der Waals surface area (Å²) in [4.78, 5) is 6.06. The predicted octanol–water partition coefficient (Wildman–Crippen LogP) is 6.10. The van der Waals surface area contributed by atoms with E-state index >= 15 is 0 Å². The van der Waals surface area contributed by atoms with Crippen LogP contribution >= 0.6 is 23.4 Å². The van der Waals surface area contributed by atoms with Crippen molar-refractivity contribution in [3.8, 4) is 0 Å². The van der Waals surface area contributed by atoms with Gasteiger partial charge in [-0.3, -0.25) is 0 Å². The first-order chi connectivity index (χ1) is 12.7. The lowest BCUT2D eigenvalue weighted by molar-refractivity contribution is -0.617. The van der Waals surface area contributed by atoms with E-state index in [1.807, 2.05) is 12.1 Å². The zero-order chi connectivity index (χ0) is 17.7. The number of H-pyrrole nitrogens is 1. The molecular weight excluding hydrogens is 360 g/mol. The third kappa shape index (κ3) is 2.39. The second kappa shape index (κ2) is 6.04. The molecule has 0 aliphatic rings. The Labute approximate surface area is 160 Å². The van der Waals surface area contributed by atoms with Gasteiger partial charge in [-0.25, -0.2) is 0 Å². The van der Waals surface area contributed by atoms with Crippen LogP contribution < -0.4 is 4.57 Å². The van der Waals surface area contributed by atoms with Gasteiger partial charge >= 0.3 is 0 Å². The standard InChI is InChI=1S/C22H15ClN2S/c1-25-19-9-5-3-7-17(19)22(26-15-12-10-14(23)11-13-15)20-21(25)16-6-2-4-8-18(16)24-20/h2-13H,1H3/p+1. The van der Waals surface area contributed by atoms with Gasteiger partial charge in [0.15, 0.2) is 0 Å². The molecule has 0 saturated carbocycles. The third-order valence-electron chi connectivity index (χ3n) is 4.78. The number of nitrogens with one attached hydrogen (secondary N) is 1. The molecule has 0 saturated heterocycles. The van der Waals surface area contributed by atoms with Gasteiger partial charge in [0, 0.05) is 16.0 Å². The molecule has 0 radical (unpaired) electrons. The highest BCUT2D eigenvalue weighted by molar-refractivity contribution is 7.99. The van der Waals surface area contributed by atoms with Crippen molar-refractivity contribution < 1.29 is 4.57 Å². The number of rotatable bonds is 2. The number of nitrogens with zero attached hydrogens (tertiary/aromatic N) is 1. The van der Waals surface area contributed by atoms with Gasteiger partial charge in [0.25, 0.3) is 0 Å². The summed E-state index contributed by atoms with van der Waals surface area (Å²) in [7, 11) is 2.14. The van der Waals surface area contributed by atoms with Crippen molar-refractivity contribution in [1.82, 2.24) is 4.98 Å². The molecule has 1 N–H and O–H groups in total. The molecule has 0 atom stereocenters. The maximum atomic E-state index is 6.06. The number of hydrogen-bond acceptors (Lipinski definition) is 1. The molecule has 26 heavy (non-hydrogen) atoms. The maximum Gasteiger partial charge on any atom is 0.239 e. The van der Waals surface area contributed by atoms with E-state index < -0.39 is 0 Å². The van der Waals surface area contributed by atoms with Crippen molar-refractivity contribution in [3.05, 3.63) is 77.8 Å². The summed E-state index contributed by atoms with van der Waals surface area (Å²) in [5, 5.41) is 3.25. The number of fused-ring (bicyclic) bond motifs is 4. The van der Waals surface area contributed by atoms with E-state index in [0.29, 0.717) is 0 Å². The van der Waals surface area contributed by atoms with Crippen LogP contribution in [0.1, 0.15) is 0 Å². The molecule has 3 aromatic carbocycles. The zero-order valence-corrected chi connectivity index (χ0v) is 15.7. The molecule has 2 heterocycles. The number of aromatic amines is 1. The fraction of sp³-hybridized carbons (Fsp3) is 0.0455. The van der Waals surface area contributed by atoms with E-state index in [0.717, 1.165) is 10.5 Å². The highest BCUT2D eigenvalue weighted by Gasteiger charge is 2.22. The number of aromatic nitrogens is 2. The quantitative estimate of drug-likeness (QED) is 0.369. The van der Waals surface area contributed by atoms with Crippen LogP contribution in [0.25, 0.3) is 32.8 Å². The van der Waals surface area contributed by atoms with Crippen molar-refractivity contribution in [2.75, 3.05) is 0 Å². The number of halogens is 1. The van der Waals surface area contributed by atoms with Gasteiger partial charge in [-0.2, -0.15) is 4.57 Å². The minimum atomic E-state index is 0.759. The molecule has 5 rings (SSSR count). The van der Waals surface area contributed by atoms with Crippen molar-refractivity contribution in [1.29, 1.82) is 0 Å². The second-order valence-corrected chi connectivity index (χ2v) is 7.88. The summed E-state index contributed by atoms with van der Waals surface area (Å²) in [6.45, 7) is 0. The van der Waals surface area contributed by atoms with Gasteiger partial charge in [0.05, 0.1) is 21.2 Å². The lowest BCUT2D eigenvalue weighted by Gasteiger charge is -2.08. The first kappa shape index (κ1) is 15.7. The van der Waals surface area contributed by atoms with Gasteiger partial charge in [-0.1, -0.05) is 47.6 Å². The highest BCUT2D eigenvalue weighted by atomic mass is 35.5. The molecule has 0 amide bonds. The normalized spacial score (nSPS) is 11.6. The average molecular weight is 376 g/mol. The van der Waals surface area contributed by atoms with Crippen molar-refractivity contribution in [2.45, 2.75) is 9.79 Å². The first-order valence-electron chi connectivity index (χ1n) is 8.47. The van der Waals surface area contributed by atoms with Crippen LogP contribution in [0.3, 0.4) is 0 Å². The highest BCUT2D eigenvalue weighted by Crippen LogP contribution is 2.39. The fourth-order valence-electron chi connectivity index (χ4n) is 3.58. The molecule has 4 heteroatoms. The smallest absolute Gasteiger partial charge is 0.239 e. The Hall–Kier alpha value is -2.49. The summed E-state index contributed by atoms with van der Waals surface area (Å²) in [6, 6.07) is 25.1. The minimum Gasteiger partial charge on any atom is -0.348 e. The van der Waals surface area contributed by atoms with E-state index in [1.165, 1.54) is 37.1 Å². The van der Waals surface area contributed by atoms with Gasteiger partial charge < -0.3 is 4.98 Å². The third-order valence-corrected chi connectivity index (χ3v) is 6.17. The number of benzene rings is 3. The number of para-hydroxylation sites is 2. The number of hydrogen-bond donors (Lipinski definition) is 1. The van der Waals surface area contributed by atoms with Crippen LogP contribution in [0.5, 0.6) is 0 Å². The Balaban J connectivity index is 1.89. The van der Waals surface area contributed by atoms with Crippen molar-refractivity contribution in [2.24, 2.45) is 7.05 Å². The molecule has 126 valence electrons. The molecule has 2 nitrogen and oxygen atoms in total. The predicted molar refractivity (Wildman–Crippen MR) is 110 cm³/mol. The zero-order valence-electron chi connectivity index (χ0n) is 14.2. The van der Waals surface area contributed by atoms with Crippen LogP contribution in [0.2, 0.25) is 5.02 Å². The van der Waals surface area contributed by atoms with Crippen LogP contribution in [-0.4, -0.2) is 4.98 Å². The molecule has 0 unspecified atom stereocenters. The largest absolute Gasteiger partial charge is 0.348 e. The Morgan fingerprint density at radius 2 is 1.54 bits per heavy atom. The minimum absolute atomic E-state index is 0.759. The summed E-state index contributed by atoms with van der Waals surface area (Å²) in [5.74, 6) is 0. The Morgan fingerprint density at radius 3 is 2.35 bits per heavy atom. The van der Waals surface area contributed by atoms with Gasteiger partial charge in [-0.15, -0.1) is 0 Å². The lowest BCUT2D eigenvalue weighted by atomic mass is 10.1. The summed E-state index contributed by atoms with van der Waals surface area (Å²) < 4.78 is 2.29. The van der Waals surface area contributed by atoms with Crippen molar-refractivity contribution in [3.63, 3.8) is 0 Å². The Morgan fingerprint density at radius 1 is 0.846 bits per heavy atom. The Bertz CT molecular complexity index is 1270. The SMILES string of the molecule is C[n+]1c2ccccc2c(Sc2ccc(Cl)cc2)c2[nH]c3ccccc3c21. The fourth-order valence-corrected chi connectivity index (χ4v) is 4.75. The molecule has 0 aliphatic heterocycles. The van der Waals surface area contributed by atoms with E-state index in [-0.39, 0.29) is 0 Å². The van der Waals surface area contributed by atoms with Crippen LogP contribution in [-0.2, 0) is 7.05 Å². The molecule has 0 aliphatic carbocycles. The number of pyridine rings is 1. The Kier molecular flexibility index (Phi) is 3.66. The van der Waals surface area contributed by atoms with Gasteiger partial charge in [-0.05, 0) is 42.5 Å². The number of aryl methyl sites for hydroxylation is 1. The first-order valence-corrected chi connectivity index (χ1v) is 9.66. The van der Waals surface area contributed by atoms with Crippen LogP contribution in [0, 0.1) is 0 Å². The van der Waals surface area contributed by atoms with E-state index in [9.17, 15) is 0 Å². The maximum absolute atomic E-state index is 6.06. The van der Waals surface area contributed by atoms with Crippen molar-refractivity contribution >= 4 is 56.2 Å². The molecule has 2 aromatic heterocycles. The summed E-state index contributed by atoms with van der Waals surface area (Å²) in [5.41, 5.74) is 4.79. The molecule has 0 bridgehead atoms. The van der Waals surface area contributed by atoms with E-state index in [1.54, 1.807) is 11.8 Å². The molecule has 0 spiro atoms. The molecule has 5 aromatic rings. The second-order valence-electron chi connectivity index (χ2n) is 6.36. The average Bonchev–Trinajstić information content (AvgIpc) is 3.06. The van der Waals surface area contributed by atoms with Gasteiger partial charge in [0.1, 0.15) is 12.6 Å². The van der Waals surface area contributed by atoms with E-state index in [2.05, 4.69) is 77.3 Å². The molecule has 0 fully saturated rings. The van der Waals surface area contributed by atoms with Crippen LogP contribution in [0.4, 0.5) is 0 Å². The monoisotopic (exact) mass is 375 g/mol.